The first-order valence-corrected chi connectivity index (χ1v) is 11.6. The molecule has 0 unspecified atom stereocenters. The third-order valence-corrected chi connectivity index (χ3v) is 6.51. The van der Waals surface area contributed by atoms with Crippen molar-refractivity contribution in [2.45, 2.75) is 45.3 Å². The lowest BCUT2D eigenvalue weighted by atomic mass is 10.00. The van der Waals surface area contributed by atoms with Crippen molar-refractivity contribution in [3.63, 3.8) is 0 Å². The highest BCUT2D eigenvalue weighted by atomic mass is 16.5. The molecule has 1 fully saturated rings. The molecule has 0 bridgehead atoms. The number of hydrogen-bond acceptors (Lipinski definition) is 8. The van der Waals surface area contributed by atoms with Gasteiger partial charge in [0, 0.05) is 68.4 Å². The van der Waals surface area contributed by atoms with E-state index in [2.05, 4.69) is 38.9 Å². The van der Waals surface area contributed by atoms with Crippen molar-refractivity contribution >= 4 is 22.9 Å². The van der Waals surface area contributed by atoms with Gasteiger partial charge in [-0.3, -0.25) is 9.69 Å². The summed E-state index contributed by atoms with van der Waals surface area (Å²) in [7, 11) is 0. The predicted molar refractivity (Wildman–Crippen MR) is 133 cm³/mol. The van der Waals surface area contributed by atoms with Gasteiger partial charge in [-0.25, -0.2) is 9.97 Å². The van der Waals surface area contributed by atoms with Gasteiger partial charge in [0.2, 0.25) is 0 Å². The van der Waals surface area contributed by atoms with Gasteiger partial charge in [0.05, 0.1) is 23.6 Å². The summed E-state index contributed by atoms with van der Waals surface area (Å²) in [4.78, 5) is 26.1. The van der Waals surface area contributed by atoms with Gasteiger partial charge in [0.15, 0.2) is 5.82 Å². The van der Waals surface area contributed by atoms with Crippen LogP contribution in [0, 0.1) is 0 Å². The average Bonchev–Trinajstić information content (AvgIpc) is 3.12. The second-order valence-electron chi connectivity index (χ2n) is 10.1. The topological polar surface area (TPSA) is 117 Å². The molecule has 182 valence electrons. The zero-order valence-corrected chi connectivity index (χ0v) is 20.3. The van der Waals surface area contributed by atoms with Crippen molar-refractivity contribution in [1.29, 1.82) is 0 Å². The molecule has 0 spiro atoms. The van der Waals surface area contributed by atoms with Crippen LogP contribution in [0.3, 0.4) is 0 Å². The standard InChI is InChI=1S/C25H34N6O3/c1-24(2,16-32)31-10-8-30(9-11-31)20-13-21-17(14-25(3,4)34-21)12-19(20)29-23(33)18(15-26)22-27-6-5-7-28-22/h5-7,12-13,15,32H,8-11,14,16,26H2,1-4H3,(H,29,33). The number of carbonyl (C=O) groups excluding carboxylic acids is 1. The first-order valence-electron chi connectivity index (χ1n) is 11.6. The fraction of sp³-hybridized carbons (Fsp3) is 0.480. The first kappa shape index (κ1) is 24.0. The molecule has 0 aliphatic carbocycles. The largest absolute Gasteiger partial charge is 0.487 e. The van der Waals surface area contributed by atoms with Crippen molar-refractivity contribution in [3.05, 3.63) is 48.2 Å². The van der Waals surface area contributed by atoms with Crippen molar-refractivity contribution < 1.29 is 14.6 Å². The van der Waals surface area contributed by atoms with Crippen LogP contribution in [0.2, 0.25) is 0 Å². The van der Waals surface area contributed by atoms with Gasteiger partial charge < -0.3 is 25.8 Å². The predicted octanol–water partition coefficient (Wildman–Crippen LogP) is 2.02. The Bertz CT molecular complexity index is 1080. The number of fused-ring (bicyclic) bond motifs is 1. The van der Waals surface area contributed by atoms with Crippen molar-refractivity contribution in [2.24, 2.45) is 5.73 Å². The van der Waals surface area contributed by atoms with Gasteiger partial charge >= 0.3 is 0 Å². The molecule has 1 aromatic heterocycles. The second kappa shape index (κ2) is 9.23. The zero-order chi connectivity index (χ0) is 24.5. The number of rotatable bonds is 6. The molecule has 2 aromatic rings. The molecular formula is C25H34N6O3. The van der Waals surface area contributed by atoms with E-state index in [0.717, 1.165) is 49.6 Å². The number of ether oxygens (including phenoxy) is 1. The Balaban J connectivity index is 1.63. The minimum absolute atomic E-state index is 0.103. The quantitative estimate of drug-likeness (QED) is 0.554. The third kappa shape index (κ3) is 4.85. The number of anilines is 2. The molecule has 2 aliphatic heterocycles. The number of nitrogens with one attached hydrogen (secondary N) is 1. The number of aromatic nitrogens is 2. The Labute approximate surface area is 200 Å². The van der Waals surface area contributed by atoms with Gasteiger partial charge in [0.1, 0.15) is 11.4 Å². The number of benzene rings is 1. The highest BCUT2D eigenvalue weighted by Crippen LogP contribution is 2.42. The monoisotopic (exact) mass is 466 g/mol. The minimum atomic E-state index is -0.367. The van der Waals surface area contributed by atoms with E-state index in [1.165, 1.54) is 6.20 Å². The fourth-order valence-electron chi connectivity index (χ4n) is 4.53. The van der Waals surface area contributed by atoms with Crippen LogP contribution in [0.25, 0.3) is 5.57 Å². The van der Waals surface area contributed by atoms with Crippen LogP contribution in [-0.4, -0.2) is 69.8 Å². The summed E-state index contributed by atoms with van der Waals surface area (Å²) in [6, 6.07) is 5.71. The van der Waals surface area contributed by atoms with Crippen molar-refractivity contribution in [3.8, 4) is 5.75 Å². The second-order valence-corrected chi connectivity index (χ2v) is 10.1. The molecule has 9 heteroatoms. The first-order chi connectivity index (χ1) is 16.1. The molecule has 0 atom stereocenters. The maximum absolute atomic E-state index is 13.2. The Morgan fingerprint density at radius 2 is 1.91 bits per heavy atom. The Morgan fingerprint density at radius 1 is 1.24 bits per heavy atom. The molecule has 4 rings (SSSR count). The van der Waals surface area contributed by atoms with Crippen molar-refractivity contribution in [2.75, 3.05) is 43.0 Å². The van der Waals surface area contributed by atoms with E-state index in [9.17, 15) is 9.90 Å². The maximum atomic E-state index is 13.2. The highest BCUT2D eigenvalue weighted by molar-refractivity contribution is 6.24. The molecule has 1 saturated heterocycles. The number of nitrogens with zero attached hydrogens (tertiary/aromatic N) is 4. The van der Waals surface area contributed by atoms with Crippen LogP contribution in [0.4, 0.5) is 11.4 Å². The van der Waals surface area contributed by atoms with Crippen LogP contribution in [-0.2, 0) is 11.2 Å². The summed E-state index contributed by atoms with van der Waals surface area (Å²) < 4.78 is 6.18. The van der Waals surface area contributed by atoms with Gasteiger partial charge in [0.25, 0.3) is 5.91 Å². The molecule has 34 heavy (non-hydrogen) atoms. The number of piperazine rings is 1. The smallest absolute Gasteiger partial charge is 0.261 e. The summed E-state index contributed by atoms with van der Waals surface area (Å²) in [5.74, 6) is 0.750. The lowest BCUT2D eigenvalue weighted by Gasteiger charge is -2.44. The van der Waals surface area contributed by atoms with Crippen LogP contribution in [0.1, 0.15) is 39.1 Å². The fourth-order valence-corrected chi connectivity index (χ4v) is 4.53. The number of amides is 1. The number of carbonyl (C=O) groups is 1. The Kier molecular flexibility index (Phi) is 6.51. The summed E-state index contributed by atoms with van der Waals surface area (Å²) >= 11 is 0. The van der Waals surface area contributed by atoms with Gasteiger partial charge in [-0.2, -0.15) is 0 Å². The Morgan fingerprint density at radius 3 is 2.53 bits per heavy atom. The van der Waals surface area contributed by atoms with E-state index in [0.29, 0.717) is 5.69 Å². The number of hydrogen-bond donors (Lipinski definition) is 3. The van der Waals surface area contributed by atoms with E-state index >= 15 is 0 Å². The van der Waals surface area contributed by atoms with E-state index in [-0.39, 0.29) is 35.1 Å². The number of aliphatic hydroxyl groups is 1. The molecular weight excluding hydrogens is 432 g/mol. The molecule has 3 heterocycles. The molecule has 2 aliphatic rings. The van der Waals surface area contributed by atoms with Crippen LogP contribution < -0.4 is 20.7 Å². The average molecular weight is 467 g/mol. The Hall–Kier alpha value is -3.17. The van der Waals surface area contributed by atoms with Crippen LogP contribution >= 0.6 is 0 Å². The molecule has 0 saturated carbocycles. The van der Waals surface area contributed by atoms with E-state index in [4.69, 9.17) is 10.5 Å². The summed E-state index contributed by atoms with van der Waals surface area (Å²) in [5.41, 5.74) is 8.07. The molecule has 4 N–H and O–H groups in total. The summed E-state index contributed by atoms with van der Waals surface area (Å²) in [5, 5.41) is 12.8. The number of nitrogens with two attached hydrogens (primary N) is 1. The highest BCUT2D eigenvalue weighted by Gasteiger charge is 2.34. The van der Waals surface area contributed by atoms with E-state index in [1.807, 2.05) is 26.0 Å². The van der Waals surface area contributed by atoms with E-state index < -0.39 is 0 Å². The van der Waals surface area contributed by atoms with Crippen LogP contribution in [0.5, 0.6) is 5.75 Å². The van der Waals surface area contributed by atoms with Gasteiger partial charge in [-0.05, 0) is 39.8 Å². The van der Waals surface area contributed by atoms with Crippen LogP contribution in [0.15, 0.2) is 36.8 Å². The maximum Gasteiger partial charge on any atom is 0.261 e. The molecule has 1 aromatic carbocycles. The third-order valence-electron chi connectivity index (χ3n) is 6.51. The van der Waals surface area contributed by atoms with Gasteiger partial charge in [-0.1, -0.05) is 0 Å². The molecule has 9 nitrogen and oxygen atoms in total. The molecule has 0 radical (unpaired) electrons. The van der Waals surface area contributed by atoms with Crippen molar-refractivity contribution in [1.82, 2.24) is 14.9 Å². The molecule has 1 amide bonds. The van der Waals surface area contributed by atoms with Gasteiger partial charge in [-0.15, -0.1) is 0 Å². The number of aliphatic hydroxyl groups excluding tert-OH is 1. The SMILES string of the molecule is CC1(C)Cc2cc(NC(=O)C(=CN)c3ncccn3)c(N3CCN(C(C)(C)CO)CC3)cc2O1. The zero-order valence-electron chi connectivity index (χ0n) is 20.3. The summed E-state index contributed by atoms with van der Waals surface area (Å²) in [6.45, 7) is 11.4. The minimum Gasteiger partial charge on any atom is -0.487 e. The summed E-state index contributed by atoms with van der Waals surface area (Å²) in [6.07, 6.45) is 5.14. The lowest BCUT2D eigenvalue weighted by molar-refractivity contribution is -0.111. The normalized spacial score (nSPS) is 18.4. The lowest BCUT2D eigenvalue weighted by Crippen LogP contribution is -2.56. The van der Waals surface area contributed by atoms with E-state index in [1.54, 1.807) is 18.5 Å².